The van der Waals surface area contributed by atoms with Crippen LogP contribution in [0.2, 0.25) is 0 Å². The van der Waals surface area contributed by atoms with Crippen LogP contribution in [0.25, 0.3) is 0 Å². The summed E-state index contributed by atoms with van der Waals surface area (Å²) in [4.78, 5) is 23.6. The number of rotatable bonds is 5. The minimum Gasteiger partial charge on any atom is -0.480 e. The largest absolute Gasteiger partial charge is 0.480 e. The fourth-order valence-corrected chi connectivity index (χ4v) is 6.05. The monoisotopic (exact) mass is 365 g/mol. The second kappa shape index (κ2) is 6.88. The Bertz CT molecular complexity index is 788. The van der Waals surface area contributed by atoms with E-state index in [2.05, 4.69) is 0 Å². The van der Waals surface area contributed by atoms with Gasteiger partial charge in [0.25, 0.3) is 0 Å². The average Bonchev–Trinajstić information content (AvgIpc) is 3.01. The molecule has 0 amide bonds. The first kappa shape index (κ1) is 18.1. The lowest BCUT2D eigenvalue weighted by molar-refractivity contribution is -0.141. The van der Waals surface area contributed by atoms with E-state index in [-0.39, 0.29) is 29.1 Å². The molecule has 1 N–H and O–H groups in total. The number of fused-ring (bicyclic) bond motifs is 1. The van der Waals surface area contributed by atoms with Crippen LogP contribution >= 0.6 is 0 Å². The van der Waals surface area contributed by atoms with Crippen molar-refractivity contribution < 1.29 is 23.1 Å². The van der Waals surface area contributed by atoms with Gasteiger partial charge in [0.1, 0.15) is 6.04 Å². The van der Waals surface area contributed by atoms with E-state index in [4.69, 9.17) is 0 Å². The van der Waals surface area contributed by atoms with Crippen LogP contribution in [0.1, 0.15) is 55.8 Å². The van der Waals surface area contributed by atoms with Gasteiger partial charge in [-0.2, -0.15) is 4.31 Å². The Morgan fingerprint density at radius 3 is 2.64 bits per heavy atom. The van der Waals surface area contributed by atoms with E-state index < -0.39 is 22.0 Å². The van der Waals surface area contributed by atoms with Crippen molar-refractivity contribution in [1.82, 2.24) is 4.31 Å². The number of hydrogen-bond donors (Lipinski definition) is 1. The van der Waals surface area contributed by atoms with Gasteiger partial charge in [-0.25, -0.2) is 8.42 Å². The van der Waals surface area contributed by atoms with Crippen molar-refractivity contribution in [3.63, 3.8) is 0 Å². The maximum Gasteiger partial charge on any atom is 0.322 e. The van der Waals surface area contributed by atoms with Crippen LogP contribution in [0.15, 0.2) is 29.2 Å². The number of carbonyl (C=O) groups is 2. The molecule has 3 unspecified atom stereocenters. The third-order valence-corrected chi connectivity index (χ3v) is 7.30. The molecule has 2 fully saturated rings. The van der Waals surface area contributed by atoms with Crippen molar-refractivity contribution in [2.75, 3.05) is 0 Å². The van der Waals surface area contributed by atoms with E-state index in [0.717, 1.165) is 19.3 Å². The minimum atomic E-state index is -3.97. The van der Waals surface area contributed by atoms with Crippen LogP contribution in [0.5, 0.6) is 0 Å². The molecular weight excluding hydrogens is 342 g/mol. The van der Waals surface area contributed by atoms with Crippen LogP contribution in [0, 0.1) is 5.92 Å². The average molecular weight is 365 g/mol. The quantitative estimate of drug-likeness (QED) is 0.810. The van der Waals surface area contributed by atoms with Gasteiger partial charge < -0.3 is 5.11 Å². The Morgan fingerprint density at radius 1 is 1.24 bits per heavy atom. The summed E-state index contributed by atoms with van der Waals surface area (Å²) >= 11 is 0. The van der Waals surface area contributed by atoms with E-state index >= 15 is 0 Å². The topological polar surface area (TPSA) is 91.8 Å². The zero-order valence-corrected chi connectivity index (χ0v) is 15.0. The highest BCUT2D eigenvalue weighted by atomic mass is 32.2. The molecule has 0 aromatic heterocycles. The Morgan fingerprint density at radius 2 is 1.96 bits per heavy atom. The standard InChI is InChI=1S/C18H23NO5S/c1-2-17(20)13-7-5-8-14(10-13)25(23,24)19-15-9-4-3-6-12(15)11-16(19)18(21)22/h5,7-8,10,12,15-16H,2-4,6,9,11H2,1H3,(H,21,22). The fourth-order valence-electron chi connectivity index (χ4n) is 4.13. The lowest BCUT2D eigenvalue weighted by Gasteiger charge is -2.32. The van der Waals surface area contributed by atoms with Crippen molar-refractivity contribution in [2.45, 2.75) is 62.4 Å². The normalized spacial score (nSPS) is 27.0. The molecule has 0 bridgehead atoms. The summed E-state index contributed by atoms with van der Waals surface area (Å²) < 4.78 is 27.6. The Kier molecular flexibility index (Phi) is 4.97. The van der Waals surface area contributed by atoms with Crippen molar-refractivity contribution in [1.29, 1.82) is 0 Å². The third kappa shape index (κ3) is 3.22. The zero-order valence-electron chi connectivity index (χ0n) is 14.2. The number of carboxylic acids is 1. The molecule has 6 nitrogen and oxygen atoms in total. The minimum absolute atomic E-state index is 0.00396. The van der Waals surface area contributed by atoms with E-state index in [0.29, 0.717) is 18.4 Å². The maximum absolute atomic E-state index is 13.2. The maximum atomic E-state index is 13.2. The number of aliphatic carboxylic acids is 1. The van der Waals surface area contributed by atoms with E-state index in [1.807, 2.05) is 0 Å². The third-order valence-electron chi connectivity index (χ3n) is 5.37. The smallest absolute Gasteiger partial charge is 0.322 e. The van der Waals surface area contributed by atoms with Gasteiger partial charge in [0.05, 0.1) is 4.90 Å². The fraction of sp³-hybridized carbons (Fsp3) is 0.556. The molecule has 1 heterocycles. The number of ketones is 1. The number of Topliss-reactive ketones (excluding diaryl/α,β-unsaturated/α-hetero) is 1. The molecule has 3 rings (SSSR count). The molecule has 0 radical (unpaired) electrons. The molecule has 1 aliphatic heterocycles. The zero-order chi connectivity index (χ0) is 18.2. The van der Waals surface area contributed by atoms with E-state index in [1.165, 1.54) is 16.4 Å². The Hall–Kier alpha value is -1.73. The molecule has 1 aromatic carbocycles. The lowest BCUT2D eigenvalue weighted by atomic mass is 9.85. The van der Waals surface area contributed by atoms with Crippen molar-refractivity contribution in [3.8, 4) is 0 Å². The van der Waals surface area contributed by atoms with E-state index in [9.17, 15) is 23.1 Å². The molecule has 3 atom stereocenters. The first-order valence-electron chi connectivity index (χ1n) is 8.76. The van der Waals surface area contributed by atoms with Gasteiger partial charge in [-0.05, 0) is 37.3 Å². The highest BCUT2D eigenvalue weighted by Gasteiger charge is 2.51. The molecule has 2 aliphatic rings. The van der Waals surface area contributed by atoms with Gasteiger partial charge in [-0.1, -0.05) is 31.9 Å². The summed E-state index contributed by atoms with van der Waals surface area (Å²) in [6, 6.07) is 4.66. The number of nitrogens with zero attached hydrogens (tertiary/aromatic N) is 1. The van der Waals surface area contributed by atoms with E-state index in [1.54, 1.807) is 19.1 Å². The van der Waals surface area contributed by atoms with Crippen LogP contribution in [-0.4, -0.2) is 41.7 Å². The van der Waals surface area contributed by atoms with Crippen LogP contribution in [0.3, 0.4) is 0 Å². The second-order valence-corrected chi connectivity index (χ2v) is 8.68. The van der Waals surface area contributed by atoms with Crippen LogP contribution in [-0.2, 0) is 14.8 Å². The van der Waals surface area contributed by atoms with Gasteiger partial charge >= 0.3 is 5.97 Å². The van der Waals surface area contributed by atoms with Gasteiger partial charge in [-0.15, -0.1) is 0 Å². The summed E-state index contributed by atoms with van der Waals surface area (Å²) in [6.07, 6.45) is 4.15. The van der Waals surface area contributed by atoms with Gasteiger partial charge in [-0.3, -0.25) is 9.59 Å². The summed E-state index contributed by atoms with van der Waals surface area (Å²) in [5.41, 5.74) is 0.342. The molecule has 1 saturated carbocycles. The van der Waals surface area contributed by atoms with Crippen molar-refractivity contribution >= 4 is 21.8 Å². The molecule has 1 saturated heterocycles. The number of carbonyl (C=O) groups excluding carboxylic acids is 1. The van der Waals surface area contributed by atoms with Gasteiger partial charge in [0.15, 0.2) is 5.78 Å². The highest BCUT2D eigenvalue weighted by molar-refractivity contribution is 7.89. The highest BCUT2D eigenvalue weighted by Crippen LogP contribution is 2.42. The first-order valence-corrected chi connectivity index (χ1v) is 10.2. The number of benzene rings is 1. The first-order chi connectivity index (χ1) is 11.9. The Labute approximate surface area is 147 Å². The number of sulfonamides is 1. The number of hydrogen-bond acceptors (Lipinski definition) is 4. The van der Waals surface area contributed by atoms with Gasteiger partial charge in [0, 0.05) is 18.0 Å². The summed E-state index contributed by atoms with van der Waals surface area (Å²) in [5, 5.41) is 9.56. The Balaban J connectivity index is 2.02. The predicted molar refractivity (Wildman–Crippen MR) is 91.9 cm³/mol. The molecule has 25 heavy (non-hydrogen) atoms. The SMILES string of the molecule is CCC(=O)c1cccc(S(=O)(=O)N2C(C(=O)O)CC3CCCCC32)c1. The second-order valence-electron chi connectivity index (χ2n) is 6.84. The summed E-state index contributed by atoms with van der Waals surface area (Å²) in [6.45, 7) is 1.72. The lowest BCUT2D eigenvalue weighted by Crippen LogP contribution is -2.46. The summed E-state index contributed by atoms with van der Waals surface area (Å²) in [5.74, 6) is -1.13. The number of carboxylic acid groups (broad SMARTS) is 1. The molecule has 136 valence electrons. The van der Waals surface area contributed by atoms with Crippen molar-refractivity contribution in [3.05, 3.63) is 29.8 Å². The molecular formula is C18H23NO5S. The van der Waals surface area contributed by atoms with Crippen molar-refractivity contribution in [2.24, 2.45) is 5.92 Å². The molecule has 7 heteroatoms. The predicted octanol–water partition coefficient (Wildman–Crippen LogP) is 2.69. The summed E-state index contributed by atoms with van der Waals surface area (Å²) in [7, 11) is -3.97. The molecule has 1 aromatic rings. The molecule has 0 spiro atoms. The molecule has 1 aliphatic carbocycles. The van der Waals surface area contributed by atoms with Crippen LogP contribution in [0.4, 0.5) is 0 Å². The van der Waals surface area contributed by atoms with Crippen LogP contribution < -0.4 is 0 Å². The van der Waals surface area contributed by atoms with Gasteiger partial charge in [0.2, 0.25) is 10.0 Å².